The van der Waals surface area contributed by atoms with E-state index >= 15 is 0 Å². The Labute approximate surface area is 310 Å². The molecule has 0 fully saturated rings. The molecule has 0 amide bonds. The van der Waals surface area contributed by atoms with Crippen LogP contribution in [0, 0.1) is 0 Å². The van der Waals surface area contributed by atoms with Crippen LogP contribution in [0.2, 0.25) is 0 Å². The van der Waals surface area contributed by atoms with Crippen molar-refractivity contribution in [2.24, 2.45) is 0 Å². The molecule has 0 saturated heterocycles. The molecule has 9 rings (SSSR count). The number of aromatic nitrogens is 4. The van der Waals surface area contributed by atoms with Crippen molar-refractivity contribution in [3.8, 4) is 62.1 Å². The maximum absolute atomic E-state index is 5.13. The Morgan fingerprint density at radius 1 is 0.358 bits per heavy atom. The van der Waals surface area contributed by atoms with Gasteiger partial charge in [0.05, 0.1) is 11.0 Å². The molecule has 0 aliphatic rings. The number of nitrogens with zero attached hydrogens (tertiary/aromatic N) is 4. The lowest BCUT2D eigenvalue weighted by Gasteiger charge is -2.19. The van der Waals surface area contributed by atoms with Crippen molar-refractivity contribution in [2.75, 3.05) is 0 Å². The van der Waals surface area contributed by atoms with Gasteiger partial charge in [-0.25, -0.2) is 15.0 Å². The van der Waals surface area contributed by atoms with Crippen LogP contribution < -0.4 is 0 Å². The zero-order valence-electron chi connectivity index (χ0n) is 30.0. The monoisotopic (exact) mass is 682 g/mol. The maximum Gasteiger partial charge on any atom is 0.164 e. The molecule has 7 aromatic carbocycles. The van der Waals surface area contributed by atoms with Gasteiger partial charge in [-0.1, -0.05) is 166 Å². The molecule has 0 bridgehead atoms. The maximum atomic E-state index is 5.13. The van der Waals surface area contributed by atoms with E-state index in [-0.39, 0.29) is 5.41 Å². The van der Waals surface area contributed by atoms with Crippen molar-refractivity contribution < 1.29 is 0 Å². The van der Waals surface area contributed by atoms with Crippen molar-refractivity contribution in [1.82, 2.24) is 19.5 Å². The van der Waals surface area contributed by atoms with Gasteiger partial charge in [0.15, 0.2) is 17.5 Å². The van der Waals surface area contributed by atoms with E-state index in [9.17, 15) is 0 Å². The normalized spacial score (nSPS) is 11.7. The van der Waals surface area contributed by atoms with Crippen LogP contribution in [0.3, 0.4) is 0 Å². The van der Waals surface area contributed by atoms with Gasteiger partial charge in [0, 0.05) is 33.2 Å². The summed E-state index contributed by atoms with van der Waals surface area (Å²) in [6.07, 6.45) is 0. The number of para-hydroxylation sites is 1. The summed E-state index contributed by atoms with van der Waals surface area (Å²) in [5.41, 5.74) is 12.2. The van der Waals surface area contributed by atoms with Gasteiger partial charge in [-0.2, -0.15) is 0 Å². The second-order valence-electron chi connectivity index (χ2n) is 14.6. The van der Waals surface area contributed by atoms with Crippen LogP contribution in [-0.2, 0) is 5.41 Å². The Morgan fingerprint density at radius 2 is 0.849 bits per heavy atom. The van der Waals surface area contributed by atoms with Gasteiger partial charge in [0.2, 0.25) is 0 Å². The van der Waals surface area contributed by atoms with Crippen molar-refractivity contribution in [2.45, 2.75) is 26.2 Å². The van der Waals surface area contributed by atoms with Gasteiger partial charge in [-0.15, -0.1) is 0 Å². The molecule has 2 aromatic heterocycles. The van der Waals surface area contributed by atoms with E-state index in [1.807, 2.05) is 36.4 Å². The van der Waals surface area contributed by atoms with Crippen molar-refractivity contribution >= 4 is 21.8 Å². The average Bonchev–Trinajstić information content (AvgIpc) is 3.55. The van der Waals surface area contributed by atoms with Crippen LogP contribution in [0.1, 0.15) is 26.3 Å². The zero-order valence-corrected chi connectivity index (χ0v) is 30.0. The summed E-state index contributed by atoms with van der Waals surface area (Å²) in [7, 11) is 0. The molecular weight excluding hydrogens is 645 g/mol. The first-order valence-corrected chi connectivity index (χ1v) is 18.1. The minimum atomic E-state index is 0.104. The Bertz CT molecular complexity index is 2740. The second kappa shape index (κ2) is 13.2. The first-order chi connectivity index (χ1) is 25.9. The molecule has 0 atom stereocenters. The Kier molecular flexibility index (Phi) is 8.01. The fraction of sp³-hybridized carbons (Fsp3) is 0.0816. The van der Waals surface area contributed by atoms with E-state index in [0.29, 0.717) is 17.5 Å². The quantitative estimate of drug-likeness (QED) is 0.175. The summed E-state index contributed by atoms with van der Waals surface area (Å²) in [5.74, 6) is 1.90. The third-order valence-corrected chi connectivity index (χ3v) is 10.0. The predicted molar refractivity (Wildman–Crippen MR) is 220 cm³/mol. The van der Waals surface area contributed by atoms with E-state index < -0.39 is 0 Å². The van der Waals surface area contributed by atoms with Crippen LogP contribution in [-0.4, -0.2) is 19.5 Å². The van der Waals surface area contributed by atoms with Crippen LogP contribution in [0.4, 0.5) is 0 Å². The largest absolute Gasteiger partial charge is 0.309 e. The van der Waals surface area contributed by atoms with E-state index in [0.717, 1.165) is 44.5 Å². The van der Waals surface area contributed by atoms with E-state index in [2.05, 4.69) is 165 Å². The molecule has 0 radical (unpaired) electrons. The second-order valence-corrected chi connectivity index (χ2v) is 14.6. The van der Waals surface area contributed by atoms with Gasteiger partial charge in [-0.05, 0) is 63.6 Å². The lowest BCUT2D eigenvalue weighted by atomic mass is 9.86. The molecule has 53 heavy (non-hydrogen) atoms. The number of fused-ring (bicyclic) bond motifs is 3. The predicted octanol–water partition coefficient (Wildman–Crippen LogP) is 12.6. The fourth-order valence-corrected chi connectivity index (χ4v) is 7.19. The molecule has 2 heterocycles. The standard InChI is InChI=1S/C49H38N4/c1-49(2,3)40-27-24-34(25-28-40)37-26-29-43-42-22-10-11-23-44(42)53(45(43)32-37)41-21-13-20-39(31-41)48-51-46(35-16-8-5-9-17-35)50-47(52-48)38-19-12-18-36(30-38)33-14-6-4-7-15-33/h4-32H,1-3H3. The smallest absolute Gasteiger partial charge is 0.164 e. The van der Waals surface area contributed by atoms with Crippen LogP contribution in [0.5, 0.6) is 0 Å². The molecule has 0 spiro atoms. The molecule has 4 nitrogen and oxygen atoms in total. The van der Waals surface area contributed by atoms with Gasteiger partial charge < -0.3 is 4.57 Å². The molecule has 4 heteroatoms. The minimum Gasteiger partial charge on any atom is -0.309 e. The Balaban J connectivity index is 1.19. The first-order valence-electron chi connectivity index (χ1n) is 18.1. The SMILES string of the molecule is CC(C)(C)c1ccc(-c2ccc3c4ccccc4n(-c4cccc(-c5nc(-c6ccccc6)nc(-c6cccc(-c7ccccc7)c6)n5)c4)c3c2)cc1. The van der Waals surface area contributed by atoms with Gasteiger partial charge in [0.25, 0.3) is 0 Å². The number of rotatable bonds is 6. The lowest BCUT2D eigenvalue weighted by Crippen LogP contribution is -2.10. The highest BCUT2D eigenvalue weighted by atomic mass is 15.0. The highest BCUT2D eigenvalue weighted by Gasteiger charge is 2.18. The minimum absolute atomic E-state index is 0.104. The van der Waals surface area contributed by atoms with Crippen molar-refractivity contribution in [3.63, 3.8) is 0 Å². The van der Waals surface area contributed by atoms with E-state index in [4.69, 9.17) is 15.0 Å². The Morgan fingerprint density at radius 3 is 1.55 bits per heavy atom. The zero-order chi connectivity index (χ0) is 35.9. The van der Waals surface area contributed by atoms with Gasteiger partial charge in [-0.3, -0.25) is 0 Å². The van der Waals surface area contributed by atoms with Gasteiger partial charge in [0.1, 0.15) is 0 Å². The molecular formula is C49H38N4. The average molecular weight is 683 g/mol. The third kappa shape index (κ3) is 6.19. The van der Waals surface area contributed by atoms with E-state index in [1.54, 1.807) is 0 Å². The number of hydrogen-bond donors (Lipinski definition) is 0. The van der Waals surface area contributed by atoms with E-state index in [1.165, 1.54) is 27.5 Å². The van der Waals surface area contributed by atoms with Crippen molar-refractivity contribution in [1.29, 1.82) is 0 Å². The number of benzene rings is 7. The molecule has 0 N–H and O–H groups in total. The molecule has 254 valence electrons. The summed E-state index contributed by atoms with van der Waals surface area (Å²) in [4.78, 5) is 15.2. The molecule has 0 saturated carbocycles. The summed E-state index contributed by atoms with van der Waals surface area (Å²) in [5, 5.41) is 2.43. The first kappa shape index (κ1) is 32.3. The Hall–Kier alpha value is -6.65. The van der Waals surface area contributed by atoms with Crippen LogP contribution >= 0.6 is 0 Å². The topological polar surface area (TPSA) is 43.6 Å². The summed E-state index contributed by atoms with van der Waals surface area (Å²) in [6, 6.07) is 62.0. The molecule has 9 aromatic rings. The summed E-state index contributed by atoms with van der Waals surface area (Å²) in [6.45, 7) is 6.76. The van der Waals surface area contributed by atoms with Gasteiger partial charge >= 0.3 is 0 Å². The summed E-state index contributed by atoms with van der Waals surface area (Å²) >= 11 is 0. The third-order valence-electron chi connectivity index (χ3n) is 10.0. The fourth-order valence-electron chi connectivity index (χ4n) is 7.19. The van der Waals surface area contributed by atoms with Crippen LogP contribution in [0.25, 0.3) is 83.9 Å². The highest BCUT2D eigenvalue weighted by molar-refractivity contribution is 6.10. The summed E-state index contributed by atoms with van der Waals surface area (Å²) < 4.78 is 2.37. The highest BCUT2D eigenvalue weighted by Crippen LogP contribution is 2.36. The molecule has 0 aliphatic carbocycles. The lowest BCUT2D eigenvalue weighted by molar-refractivity contribution is 0.590. The number of hydrogen-bond acceptors (Lipinski definition) is 3. The molecule has 0 unspecified atom stereocenters. The molecule has 0 aliphatic heterocycles. The van der Waals surface area contributed by atoms with Crippen molar-refractivity contribution in [3.05, 3.63) is 181 Å². The van der Waals surface area contributed by atoms with Crippen LogP contribution in [0.15, 0.2) is 176 Å².